The Bertz CT molecular complexity index is 1060. The van der Waals surface area contributed by atoms with Crippen LogP contribution in [-0.4, -0.2) is 24.6 Å². The van der Waals surface area contributed by atoms with Crippen LogP contribution in [0.5, 0.6) is 11.5 Å². The lowest BCUT2D eigenvalue weighted by atomic mass is 10.0. The molecule has 0 unspecified atom stereocenters. The van der Waals surface area contributed by atoms with Gasteiger partial charge >= 0.3 is 0 Å². The van der Waals surface area contributed by atoms with Crippen molar-refractivity contribution in [3.63, 3.8) is 0 Å². The highest BCUT2D eigenvalue weighted by atomic mass is 32.1. The number of aryl methyl sites for hydroxylation is 3. The first-order chi connectivity index (χ1) is 14.3. The third-order valence-corrected chi connectivity index (χ3v) is 5.75. The first-order valence-corrected chi connectivity index (χ1v) is 10.8. The third-order valence-electron chi connectivity index (χ3n) is 4.86. The van der Waals surface area contributed by atoms with Crippen LogP contribution in [0.1, 0.15) is 41.3 Å². The molecule has 0 fully saturated rings. The van der Waals surface area contributed by atoms with Gasteiger partial charge in [-0.3, -0.25) is 10.1 Å². The quantitative estimate of drug-likeness (QED) is 0.514. The zero-order valence-corrected chi connectivity index (χ0v) is 19.1. The first kappa shape index (κ1) is 21.8. The van der Waals surface area contributed by atoms with E-state index in [4.69, 9.17) is 9.47 Å². The fraction of sp³-hybridized carbons (Fsp3) is 0.333. The van der Waals surface area contributed by atoms with Gasteiger partial charge in [0, 0.05) is 10.4 Å². The van der Waals surface area contributed by atoms with Crippen LogP contribution < -0.4 is 14.8 Å². The Labute approximate surface area is 182 Å². The molecule has 3 rings (SSSR count). The molecule has 0 radical (unpaired) electrons. The third kappa shape index (κ3) is 5.00. The van der Waals surface area contributed by atoms with Crippen LogP contribution in [-0.2, 0) is 4.79 Å². The summed E-state index contributed by atoms with van der Waals surface area (Å²) in [6.45, 7) is 10.2. The van der Waals surface area contributed by atoms with Crippen LogP contribution >= 0.6 is 11.3 Å². The van der Waals surface area contributed by atoms with Crippen molar-refractivity contribution >= 4 is 22.4 Å². The number of rotatable bonds is 7. The molecule has 0 aliphatic heterocycles. The van der Waals surface area contributed by atoms with E-state index in [-0.39, 0.29) is 12.5 Å². The predicted molar refractivity (Wildman–Crippen MR) is 123 cm³/mol. The van der Waals surface area contributed by atoms with E-state index in [1.54, 1.807) is 7.11 Å². The summed E-state index contributed by atoms with van der Waals surface area (Å²) >= 11 is 1.46. The maximum absolute atomic E-state index is 12.5. The summed E-state index contributed by atoms with van der Waals surface area (Å²) < 4.78 is 11.2. The van der Waals surface area contributed by atoms with E-state index in [0.29, 0.717) is 11.0 Å². The minimum absolute atomic E-state index is 0.0568. The first-order valence-electron chi connectivity index (χ1n) is 9.94. The molecule has 0 saturated carbocycles. The maximum atomic E-state index is 12.5. The fourth-order valence-electron chi connectivity index (χ4n) is 3.29. The van der Waals surface area contributed by atoms with Gasteiger partial charge in [0.25, 0.3) is 5.91 Å². The Morgan fingerprint density at radius 2 is 1.87 bits per heavy atom. The Morgan fingerprint density at radius 3 is 2.53 bits per heavy atom. The standard InChI is InChI=1S/C24H28N2O3S/c1-14(2)19-9-7-15(3)11-21(19)29-13-22(27)25-24-26-23(17(5)30-24)18-8-10-20(28-6)16(4)12-18/h7-12,14H,13H2,1-6H3,(H,25,26,27). The highest BCUT2D eigenvalue weighted by molar-refractivity contribution is 7.16. The molecule has 1 heterocycles. The van der Waals surface area contributed by atoms with Gasteiger partial charge in [0.15, 0.2) is 11.7 Å². The zero-order chi connectivity index (χ0) is 21.8. The van der Waals surface area contributed by atoms with Gasteiger partial charge in [-0.2, -0.15) is 0 Å². The van der Waals surface area contributed by atoms with E-state index < -0.39 is 0 Å². The zero-order valence-electron chi connectivity index (χ0n) is 18.3. The van der Waals surface area contributed by atoms with Crippen LogP contribution in [0.2, 0.25) is 0 Å². The van der Waals surface area contributed by atoms with E-state index in [1.807, 2.05) is 45.0 Å². The summed E-state index contributed by atoms with van der Waals surface area (Å²) in [7, 11) is 1.66. The Hall–Kier alpha value is -2.86. The number of nitrogens with one attached hydrogen (secondary N) is 1. The summed E-state index contributed by atoms with van der Waals surface area (Å²) in [5.41, 5.74) is 5.10. The lowest BCUT2D eigenvalue weighted by molar-refractivity contribution is -0.118. The minimum Gasteiger partial charge on any atom is -0.496 e. The average molecular weight is 425 g/mol. The molecule has 158 valence electrons. The van der Waals surface area contributed by atoms with Gasteiger partial charge in [-0.25, -0.2) is 4.98 Å². The highest BCUT2D eigenvalue weighted by Gasteiger charge is 2.15. The molecule has 1 N–H and O–H groups in total. The number of anilines is 1. The van der Waals surface area contributed by atoms with Gasteiger partial charge in [-0.05, 0) is 67.6 Å². The highest BCUT2D eigenvalue weighted by Crippen LogP contribution is 2.33. The minimum atomic E-state index is -0.225. The monoisotopic (exact) mass is 424 g/mol. The molecule has 6 heteroatoms. The molecule has 3 aromatic rings. The van der Waals surface area contributed by atoms with Crippen molar-refractivity contribution in [2.45, 2.75) is 40.5 Å². The smallest absolute Gasteiger partial charge is 0.264 e. The molecule has 0 atom stereocenters. The van der Waals surface area contributed by atoms with Crippen LogP contribution in [0.4, 0.5) is 5.13 Å². The molecule has 0 aliphatic rings. The van der Waals surface area contributed by atoms with Crippen molar-refractivity contribution in [2.75, 3.05) is 19.0 Å². The number of carbonyl (C=O) groups excluding carboxylic acids is 1. The van der Waals surface area contributed by atoms with Gasteiger partial charge in [0.2, 0.25) is 0 Å². The number of aromatic nitrogens is 1. The van der Waals surface area contributed by atoms with Gasteiger partial charge in [0.1, 0.15) is 11.5 Å². The van der Waals surface area contributed by atoms with Gasteiger partial charge in [-0.15, -0.1) is 11.3 Å². The SMILES string of the molecule is COc1ccc(-c2nc(NC(=O)COc3cc(C)ccc3C(C)C)sc2C)cc1C. The lowest BCUT2D eigenvalue weighted by Crippen LogP contribution is -2.20. The number of hydrogen-bond acceptors (Lipinski definition) is 5. The molecule has 0 saturated heterocycles. The molecule has 5 nitrogen and oxygen atoms in total. The second kappa shape index (κ2) is 9.30. The van der Waals surface area contributed by atoms with Gasteiger partial charge < -0.3 is 9.47 Å². The van der Waals surface area contributed by atoms with Crippen molar-refractivity contribution in [1.82, 2.24) is 4.98 Å². The summed E-state index contributed by atoms with van der Waals surface area (Å²) in [5, 5.41) is 3.43. The second-order valence-electron chi connectivity index (χ2n) is 7.64. The van der Waals surface area contributed by atoms with Crippen molar-refractivity contribution < 1.29 is 14.3 Å². The summed E-state index contributed by atoms with van der Waals surface area (Å²) in [4.78, 5) is 18.1. The van der Waals surface area contributed by atoms with Gasteiger partial charge in [-0.1, -0.05) is 26.0 Å². The molecule has 1 aromatic heterocycles. The Morgan fingerprint density at radius 1 is 1.10 bits per heavy atom. The number of amides is 1. The number of methoxy groups -OCH3 is 1. The Balaban J connectivity index is 1.69. The normalized spacial score (nSPS) is 10.9. The van der Waals surface area contributed by atoms with E-state index >= 15 is 0 Å². The number of carbonyl (C=O) groups is 1. The largest absolute Gasteiger partial charge is 0.496 e. The van der Waals surface area contributed by atoms with E-state index in [0.717, 1.165) is 44.3 Å². The van der Waals surface area contributed by atoms with Crippen molar-refractivity contribution in [1.29, 1.82) is 0 Å². The second-order valence-corrected chi connectivity index (χ2v) is 8.84. The molecular weight excluding hydrogens is 396 g/mol. The molecule has 1 amide bonds. The number of ether oxygens (including phenoxy) is 2. The number of thiazole rings is 1. The van der Waals surface area contributed by atoms with Crippen molar-refractivity contribution in [3.8, 4) is 22.8 Å². The summed E-state index contributed by atoms with van der Waals surface area (Å²) in [6.07, 6.45) is 0. The molecular formula is C24H28N2O3S. The molecule has 0 aliphatic carbocycles. The van der Waals surface area contributed by atoms with E-state index in [1.165, 1.54) is 11.3 Å². The summed E-state index contributed by atoms with van der Waals surface area (Å²) in [5.74, 6) is 1.69. The van der Waals surface area contributed by atoms with Gasteiger partial charge in [0.05, 0.1) is 12.8 Å². The van der Waals surface area contributed by atoms with Crippen LogP contribution in [0.25, 0.3) is 11.3 Å². The van der Waals surface area contributed by atoms with E-state index in [2.05, 4.69) is 36.3 Å². The van der Waals surface area contributed by atoms with Crippen LogP contribution in [0.15, 0.2) is 36.4 Å². The fourth-order valence-corrected chi connectivity index (χ4v) is 4.14. The number of hydrogen-bond donors (Lipinski definition) is 1. The van der Waals surface area contributed by atoms with Crippen LogP contribution in [0.3, 0.4) is 0 Å². The molecule has 30 heavy (non-hydrogen) atoms. The maximum Gasteiger partial charge on any atom is 0.264 e. The predicted octanol–water partition coefficient (Wildman–Crippen LogP) is 5.88. The molecule has 2 aromatic carbocycles. The number of nitrogens with zero attached hydrogens (tertiary/aromatic N) is 1. The van der Waals surface area contributed by atoms with Crippen molar-refractivity contribution in [2.24, 2.45) is 0 Å². The Kier molecular flexibility index (Phi) is 6.77. The topological polar surface area (TPSA) is 60.5 Å². The van der Waals surface area contributed by atoms with E-state index in [9.17, 15) is 4.79 Å². The molecule has 0 spiro atoms. The average Bonchev–Trinajstić information content (AvgIpc) is 3.06. The summed E-state index contributed by atoms with van der Waals surface area (Å²) in [6, 6.07) is 12.0. The lowest BCUT2D eigenvalue weighted by Gasteiger charge is -2.14. The van der Waals surface area contributed by atoms with Crippen molar-refractivity contribution in [3.05, 3.63) is 58.0 Å². The molecule has 0 bridgehead atoms. The van der Waals surface area contributed by atoms with Crippen LogP contribution in [0, 0.1) is 20.8 Å². The number of benzene rings is 2.